The molecular formula is C19H22Br2N2O. The van der Waals surface area contributed by atoms with Crippen LogP contribution in [0.1, 0.15) is 24.1 Å². The Morgan fingerprint density at radius 1 is 1.08 bits per heavy atom. The van der Waals surface area contributed by atoms with E-state index >= 15 is 0 Å². The summed E-state index contributed by atoms with van der Waals surface area (Å²) < 4.78 is 8.16. The van der Waals surface area contributed by atoms with E-state index in [9.17, 15) is 0 Å². The fraction of sp³-hybridized carbons (Fsp3) is 0.368. The lowest BCUT2D eigenvalue weighted by molar-refractivity contribution is 0.193. The van der Waals surface area contributed by atoms with Gasteiger partial charge in [-0.1, -0.05) is 50.1 Å². The second-order valence-electron chi connectivity index (χ2n) is 5.83. The predicted molar refractivity (Wildman–Crippen MR) is 106 cm³/mol. The smallest absolute Gasteiger partial charge is 0.124 e. The monoisotopic (exact) mass is 452 g/mol. The van der Waals surface area contributed by atoms with Crippen LogP contribution in [-0.4, -0.2) is 37.7 Å². The summed E-state index contributed by atoms with van der Waals surface area (Å²) in [6, 6.07) is 15.0. The number of hydrogen-bond donors (Lipinski definition) is 1. The maximum absolute atomic E-state index is 5.95. The van der Waals surface area contributed by atoms with E-state index < -0.39 is 0 Å². The van der Waals surface area contributed by atoms with Gasteiger partial charge < -0.3 is 10.1 Å². The summed E-state index contributed by atoms with van der Waals surface area (Å²) in [7, 11) is 0. The highest BCUT2D eigenvalue weighted by Gasteiger charge is 2.28. The predicted octanol–water partition coefficient (Wildman–Crippen LogP) is 4.60. The molecule has 1 atom stereocenters. The molecular weight excluding hydrogens is 432 g/mol. The summed E-state index contributed by atoms with van der Waals surface area (Å²) in [6.07, 6.45) is 0. The van der Waals surface area contributed by atoms with Crippen molar-refractivity contribution in [1.82, 2.24) is 10.2 Å². The van der Waals surface area contributed by atoms with Gasteiger partial charge in [-0.05, 0) is 36.8 Å². The highest BCUT2D eigenvalue weighted by Crippen LogP contribution is 2.39. The quantitative estimate of drug-likeness (QED) is 0.715. The Balaban J connectivity index is 2.11. The third kappa shape index (κ3) is 4.02. The minimum atomic E-state index is 0.168. The molecule has 0 spiro atoms. The molecule has 1 heterocycles. The van der Waals surface area contributed by atoms with E-state index in [0.29, 0.717) is 6.61 Å². The first-order valence-electron chi connectivity index (χ1n) is 8.32. The fourth-order valence-corrected chi connectivity index (χ4v) is 4.10. The summed E-state index contributed by atoms with van der Waals surface area (Å²) in [4.78, 5) is 2.53. The fourth-order valence-electron chi connectivity index (χ4n) is 3.22. The average Bonchev–Trinajstić information content (AvgIpc) is 2.60. The SMILES string of the molecule is CCOc1ccc(Br)cc1C(c1ccccc1Br)N1CCNCC1. The largest absolute Gasteiger partial charge is 0.494 e. The Hall–Kier alpha value is -0.880. The molecule has 1 unspecified atom stereocenters. The van der Waals surface area contributed by atoms with Crippen molar-refractivity contribution >= 4 is 31.9 Å². The second-order valence-corrected chi connectivity index (χ2v) is 7.60. The number of nitrogens with zero attached hydrogens (tertiary/aromatic N) is 1. The number of ether oxygens (including phenoxy) is 1. The van der Waals surface area contributed by atoms with Crippen LogP contribution in [0.15, 0.2) is 51.4 Å². The lowest BCUT2D eigenvalue weighted by Crippen LogP contribution is -2.45. The van der Waals surface area contributed by atoms with Gasteiger partial charge >= 0.3 is 0 Å². The van der Waals surface area contributed by atoms with Crippen molar-refractivity contribution in [1.29, 1.82) is 0 Å². The minimum absolute atomic E-state index is 0.168. The highest BCUT2D eigenvalue weighted by atomic mass is 79.9. The molecule has 0 amide bonds. The van der Waals surface area contributed by atoms with Gasteiger partial charge in [0.25, 0.3) is 0 Å². The molecule has 3 nitrogen and oxygen atoms in total. The summed E-state index contributed by atoms with van der Waals surface area (Å²) >= 11 is 7.38. The first kappa shape index (κ1) is 17.9. The van der Waals surface area contributed by atoms with Gasteiger partial charge in [0.2, 0.25) is 0 Å². The van der Waals surface area contributed by atoms with E-state index in [1.165, 1.54) is 11.1 Å². The molecule has 0 aromatic heterocycles. The number of benzene rings is 2. The van der Waals surface area contributed by atoms with Gasteiger partial charge in [0.1, 0.15) is 5.75 Å². The Morgan fingerprint density at radius 3 is 2.54 bits per heavy atom. The van der Waals surface area contributed by atoms with Gasteiger partial charge in [-0.3, -0.25) is 4.90 Å². The molecule has 0 bridgehead atoms. The first-order chi connectivity index (χ1) is 11.7. The van der Waals surface area contributed by atoms with Gasteiger partial charge in [0.15, 0.2) is 0 Å². The van der Waals surface area contributed by atoms with Crippen LogP contribution in [0.3, 0.4) is 0 Å². The van der Waals surface area contributed by atoms with Crippen molar-refractivity contribution in [3.63, 3.8) is 0 Å². The van der Waals surface area contributed by atoms with Crippen LogP contribution in [0.4, 0.5) is 0 Å². The lowest BCUT2D eigenvalue weighted by atomic mass is 9.95. The Labute approximate surface area is 160 Å². The molecule has 0 radical (unpaired) electrons. The third-order valence-electron chi connectivity index (χ3n) is 4.28. The van der Waals surface area contributed by atoms with Crippen LogP contribution in [0.25, 0.3) is 0 Å². The van der Waals surface area contributed by atoms with Gasteiger partial charge in [-0.15, -0.1) is 0 Å². The molecule has 1 aliphatic rings. The number of piperazine rings is 1. The Bertz CT molecular complexity index is 687. The summed E-state index contributed by atoms with van der Waals surface area (Å²) in [6.45, 7) is 6.76. The first-order valence-corrected chi connectivity index (χ1v) is 9.90. The Kier molecular flexibility index (Phi) is 6.33. The van der Waals surface area contributed by atoms with Crippen LogP contribution in [0, 0.1) is 0 Å². The summed E-state index contributed by atoms with van der Waals surface area (Å²) in [5, 5.41) is 3.44. The molecule has 24 heavy (non-hydrogen) atoms. The van der Waals surface area contributed by atoms with Crippen LogP contribution < -0.4 is 10.1 Å². The minimum Gasteiger partial charge on any atom is -0.494 e. The molecule has 0 aliphatic carbocycles. The standard InChI is InChI=1S/C19H22Br2N2O/c1-2-24-18-8-7-14(20)13-16(18)19(23-11-9-22-10-12-23)15-5-3-4-6-17(15)21/h3-8,13,19,22H,2,9-12H2,1H3. The maximum atomic E-state index is 5.95. The van der Waals surface area contributed by atoms with Crippen molar-refractivity contribution < 1.29 is 4.74 Å². The molecule has 128 valence electrons. The van der Waals surface area contributed by atoms with Gasteiger partial charge in [-0.2, -0.15) is 0 Å². The molecule has 2 aromatic rings. The average molecular weight is 454 g/mol. The van der Waals surface area contributed by atoms with E-state index in [4.69, 9.17) is 4.74 Å². The van der Waals surface area contributed by atoms with Crippen molar-refractivity contribution in [2.75, 3.05) is 32.8 Å². The van der Waals surface area contributed by atoms with Crippen molar-refractivity contribution in [2.24, 2.45) is 0 Å². The highest BCUT2D eigenvalue weighted by molar-refractivity contribution is 9.10. The molecule has 3 rings (SSSR count). The lowest BCUT2D eigenvalue weighted by Gasteiger charge is -2.36. The zero-order valence-electron chi connectivity index (χ0n) is 13.8. The van der Waals surface area contributed by atoms with E-state index in [0.717, 1.165) is 40.9 Å². The molecule has 1 N–H and O–H groups in total. The van der Waals surface area contributed by atoms with Gasteiger partial charge in [0.05, 0.1) is 12.6 Å². The van der Waals surface area contributed by atoms with E-state index in [1.807, 2.05) is 13.0 Å². The zero-order valence-corrected chi connectivity index (χ0v) is 16.9. The van der Waals surface area contributed by atoms with Crippen molar-refractivity contribution in [3.8, 4) is 5.75 Å². The van der Waals surface area contributed by atoms with Crippen molar-refractivity contribution in [3.05, 3.63) is 62.5 Å². The molecule has 2 aromatic carbocycles. The zero-order chi connectivity index (χ0) is 16.9. The molecule has 0 saturated carbocycles. The molecule has 1 fully saturated rings. The summed E-state index contributed by atoms with van der Waals surface area (Å²) in [5.74, 6) is 0.958. The summed E-state index contributed by atoms with van der Waals surface area (Å²) in [5.41, 5.74) is 2.48. The van der Waals surface area contributed by atoms with Crippen LogP contribution in [0.2, 0.25) is 0 Å². The topological polar surface area (TPSA) is 24.5 Å². The van der Waals surface area contributed by atoms with Crippen LogP contribution >= 0.6 is 31.9 Å². The van der Waals surface area contributed by atoms with Gasteiger partial charge in [0, 0.05) is 40.7 Å². The normalized spacial score (nSPS) is 16.8. The number of nitrogens with one attached hydrogen (secondary N) is 1. The third-order valence-corrected chi connectivity index (χ3v) is 5.50. The molecule has 1 aliphatic heterocycles. The number of rotatable bonds is 5. The van der Waals surface area contributed by atoms with Crippen LogP contribution in [-0.2, 0) is 0 Å². The van der Waals surface area contributed by atoms with Crippen molar-refractivity contribution in [2.45, 2.75) is 13.0 Å². The van der Waals surface area contributed by atoms with E-state index in [-0.39, 0.29) is 6.04 Å². The second kappa shape index (κ2) is 8.48. The Morgan fingerprint density at radius 2 is 1.83 bits per heavy atom. The molecule has 1 saturated heterocycles. The number of halogens is 2. The van der Waals surface area contributed by atoms with E-state index in [1.54, 1.807) is 0 Å². The van der Waals surface area contributed by atoms with Gasteiger partial charge in [-0.25, -0.2) is 0 Å². The maximum Gasteiger partial charge on any atom is 0.124 e. The van der Waals surface area contributed by atoms with E-state index in [2.05, 4.69) is 78.5 Å². The number of hydrogen-bond acceptors (Lipinski definition) is 3. The van der Waals surface area contributed by atoms with Crippen LogP contribution in [0.5, 0.6) is 5.75 Å². The molecule has 5 heteroatoms.